The van der Waals surface area contributed by atoms with Crippen LogP contribution in [0, 0.1) is 5.41 Å². The summed E-state index contributed by atoms with van der Waals surface area (Å²) < 4.78 is 1.71. The van der Waals surface area contributed by atoms with Crippen molar-refractivity contribution in [3.63, 3.8) is 0 Å². The molecule has 1 aromatic heterocycles. The smallest absolute Gasteiger partial charge is 0.246 e. The van der Waals surface area contributed by atoms with Gasteiger partial charge in [-0.15, -0.1) is 24.0 Å². The number of carbonyl (C=O) groups is 1. The maximum absolute atomic E-state index is 12.6. The van der Waals surface area contributed by atoms with Crippen LogP contribution in [-0.2, 0) is 18.3 Å². The van der Waals surface area contributed by atoms with Crippen LogP contribution >= 0.6 is 24.0 Å². The van der Waals surface area contributed by atoms with E-state index in [1.807, 2.05) is 24.2 Å². The summed E-state index contributed by atoms with van der Waals surface area (Å²) in [5.74, 6) is 0.839. The molecule has 1 aliphatic heterocycles. The molecule has 7 nitrogen and oxygen atoms in total. The first-order valence-corrected chi connectivity index (χ1v) is 9.66. The number of nitrogens with zero attached hydrogens (tertiary/aromatic N) is 5. The summed E-state index contributed by atoms with van der Waals surface area (Å²) in [4.78, 5) is 20.9. The lowest BCUT2D eigenvalue weighted by molar-refractivity contribution is -0.120. The Kier molecular flexibility index (Phi) is 8.06. The largest absolute Gasteiger partial charge is 0.356 e. The molecule has 0 bridgehead atoms. The van der Waals surface area contributed by atoms with Crippen LogP contribution in [0.2, 0.25) is 0 Å². The second-order valence-electron chi connectivity index (χ2n) is 8.07. The van der Waals surface area contributed by atoms with E-state index < -0.39 is 0 Å². The molecule has 2 heterocycles. The first kappa shape index (κ1) is 23.2. The number of anilines is 1. The second kappa shape index (κ2) is 10.1. The molecule has 0 unspecified atom stereocenters. The number of rotatable bonds is 5. The molecule has 2 aromatic rings. The summed E-state index contributed by atoms with van der Waals surface area (Å²) in [6.45, 7) is 6.94. The summed E-state index contributed by atoms with van der Waals surface area (Å²) >= 11 is 0. The predicted molar refractivity (Wildman–Crippen MR) is 128 cm³/mol. The van der Waals surface area contributed by atoms with Gasteiger partial charge in [0, 0.05) is 39.9 Å². The quantitative estimate of drug-likeness (QED) is 0.382. The molecule has 1 fully saturated rings. The molecule has 1 N–H and O–H groups in total. The molecule has 0 aliphatic carbocycles. The van der Waals surface area contributed by atoms with E-state index in [9.17, 15) is 4.79 Å². The molecule has 0 saturated carbocycles. The summed E-state index contributed by atoms with van der Waals surface area (Å²) in [5.41, 5.74) is 2.24. The van der Waals surface area contributed by atoms with Crippen LogP contribution in [0.3, 0.4) is 0 Å². The molecule has 0 atom stereocenters. The lowest BCUT2D eigenvalue weighted by Gasteiger charge is -2.36. The van der Waals surface area contributed by atoms with Gasteiger partial charge in [0.2, 0.25) is 5.91 Å². The van der Waals surface area contributed by atoms with Gasteiger partial charge in [-0.1, -0.05) is 44.2 Å². The molecular formula is C21H31IN6O. The van der Waals surface area contributed by atoms with Gasteiger partial charge in [0.05, 0.1) is 11.9 Å². The number of aliphatic imine (C=N–C) groups is 1. The number of carbonyl (C=O) groups excluding carboxylic acids is 1. The van der Waals surface area contributed by atoms with Crippen molar-refractivity contribution in [3.05, 3.63) is 48.3 Å². The maximum atomic E-state index is 12.6. The van der Waals surface area contributed by atoms with Crippen LogP contribution in [-0.4, -0.2) is 59.8 Å². The van der Waals surface area contributed by atoms with Crippen molar-refractivity contribution in [3.8, 4) is 0 Å². The zero-order valence-corrected chi connectivity index (χ0v) is 20.0. The van der Waals surface area contributed by atoms with E-state index in [1.54, 1.807) is 22.8 Å². The second-order valence-corrected chi connectivity index (χ2v) is 8.07. The molecule has 0 radical (unpaired) electrons. The highest BCUT2D eigenvalue weighted by Crippen LogP contribution is 2.21. The van der Waals surface area contributed by atoms with E-state index in [4.69, 9.17) is 0 Å². The molecule has 0 spiro atoms. The Hall–Kier alpha value is -2.10. The van der Waals surface area contributed by atoms with Gasteiger partial charge >= 0.3 is 0 Å². The molecule has 1 aromatic carbocycles. The Labute approximate surface area is 190 Å². The number of aryl methyl sites for hydroxylation is 1. The minimum absolute atomic E-state index is 0. The van der Waals surface area contributed by atoms with Gasteiger partial charge < -0.3 is 15.1 Å². The third-order valence-corrected chi connectivity index (χ3v) is 4.99. The summed E-state index contributed by atoms with van der Waals surface area (Å²) in [6, 6.07) is 10.5. The maximum Gasteiger partial charge on any atom is 0.246 e. The van der Waals surface area contributed by atoms with E-state index in [-0.39, 0.29) is 35.3 Å². The molecule has 1 saturated heterocycles. The van der Waals surface area contributed by atoms with Gasteiger partial charge in [-0.2, -0.15) is 5.10 Å². The van der Waals surface area contributed by atoms with E-state index in [1.165, 1.54) is 5.56 Å². The standard InChI is InChI=1S/C21H30N6O.HI/c1-21(2,12-17-8-6-5-7-9-17)16-23-20(22-3)26-10-11-27(19(28)15-26)18-13-24-25(4)14-18;/h5-9,13-14H,10-12,15-16H2,1-4H3,(H,22,23);1H. The summed E-state index contributed by atoms with van der Waals surface area (Å²) in [7, 11) is 3.62. The van der Waals surface area contributed by atoms with Crippen LogP contribution in [0.1, 0.15) is 19.4 Å². The van der Waals surface area contributed by atoms with Crippen LogP contribution < -0.4 is 10.2 Å². The van der Waals surface area contributed by atoms with Gasteiger partial charge in [0.25, 0.3) is 0 Å². The average Bonchev–Trinajstić information content (AvgIpc) is 3.09. The van der Waals surface area contributed by atoms with E-state index >= 15 is 0 Å². The Bertz CT molecular complexity index is 833. The van der Waals surface area contributed by atoms with Crippen LogP contribution in [0.25, 0.3) is 0 Å². The van der Waals surface area contributed by atoms with Gasteiger partial charge in [0.1, 0.15) is 6.54 Å². The fraction of sp³-hybridized carbons (Fsp3) is 0.476. The summed E-state index contributed by atoms with van der Waals surface area (Å²) in [6.07, 6.45) is 4.57. The van der Waals surface area contributed by atoms with Crippen molar-refractivity contribution >= 4 is 41.5 Å². The highest BCUT2D eigenvalue weighted by atomic mass is 127. The third kappa shape index (κ3) is 6.19. The van der Waals surface area contributed by atoms with Crippen molar-refractivity contribution < 1.29 is 4.79 Å². The number of halogens is 1. The van der Waals surface area contributed by atoms with Crippen LogP contribution in [0.15, 0.2) is 47.7 Å². The number of nitrogens with one attached hydrogen (secondary N) is 1. The number of amides is 1. The van der Waals surface area contributed by atoms with E-state index in [0.717, 1.165) is 31.2 Å². The normalized spacial score (nSPS) is 15.3. The highest BCUT2D eigenvalue weighted by Gasteiger charge is 2.28. The lowest BCUT2D eigenvalue weighted by atomic mass is 9.86. The van der Waals surface area contributed by atoms with Gasteiger partial charge in [-0.05, 0) is 17.4 Å². The lowest BCUT2D eigenvalue weighted by Crippen LogP contribution is -2.56. The number of hydrogen-bond acceptors (Lipinski definition) is 3. The number of guanidine groups is 1. The molecule has 29 heavy (non-hydrogen) atoms. The average molecular weight is 510 g/mol. The molecule has 1 aliphatic rings. The van der Waals surface area contributed by atoms with E-state index in [2.05, 4.69) is 53.5 Å². The molecule has 158 valence electrons. The number of aromatic nitrogens is 2. The minimum atomic E-state index is 0. The Morgan fingerprint density at radius 2 is 1.97 bits per heavy atom. The van der Waals surface area contributed by atoms with Crippen molar-refractivity contribution in [2.24, 2.45) is 17.5 Å². The van der Waals surface area contributed by atoms with E-state index in [0.29, 0.717) is 13.1 Å². The van der Waals surface area contributed by atoms with Crippen molar-refractivity contribution in [2.75, 3.05) is 38.1 Å². The molecular weight excluding hydrogens is 479 g/mol. The number of piperazine rings is 1. The van der Waals surface area contributed by atoms with Gasteiger partial charge in [-0.3, -0.25) is 14.5 Å². The fourth-order valence-electron chi connectivity index (χ4n) is 3.54. The summed E-state index contributed by atoms with van der Waals surface area (Å²) in [5, 5.41) is 7.63. The third-order valence-electron chi connectivity index (χ3n) is 4.99. The monoisotopic (exact) mass is 510 g/mol. The number of benzene rings is 1. The first-order valence-electron chi connectivity index (χ1n) is 9.66. The Balaban J connectivity index is 0.00000300. The number of hydrogen-bond donors (Lipinski definition) is 1. The zero-order chi connectivity index (χ0) is 20.1. The van der Waals surface area contributed by atoms with Gasteiger partial charge in [-0.25, -0.2) is 0 Å². The predicted octanol–water partition coefficient (Wildman–Crippen LogP) is 2.53. The van der Waals surface area contributed by atoms with Crippen molar-refractivity contribution in [1.29, 1.82) is 0 Å². The van der Waals surface area contributed by atoms with Crippen LogP contribution in [0.5, 0.6) is 0 Å². The highest BCUT2D eigenvalue weighted by molar-refractivity contribution is 14.0. The van der Waals surface area contributed by atoms with Crippen LogP contribution in [0.4, 0.5) is 5.69 Å². The Morgan fingerprint density at radius 1 is 1.24 bits per heavy atom. The van der Waals surface area contributed by atoms with Crippen molar-refractivity contribution in [2.45, 2.75) is 20.3 Å². The minimum Gasteiger partial charge on any atom is -0.356 e. The molecule has 3 rings (SSSR count). The SMILES string of the molecule is CN=C(NCC(C)(C)Cc1ccccc1)N1CCN(c2cnn(C)c2)C(=O)C1.I. The first-order chi connectivity index (χ1) is 13.4. The molecule has 1 amide bonds. The fourth-order valence-corrected chi connectivity index (χ4v) is 3.54. The zero-order valence-electron chi connectivity index (χ0n) is 17.6. The van der Waals surface area contributed by atoms with Crippen molar-refractivity contribution in [1.82, 2.24) is 20.0 Å². The molecule has 8 heteroatoms. The topological polar surface area (TPSA) is 65.8 Å². The van der Waals surface area contributed by atoms with Gasteiger partial charge in [0.15, 0.2) is 5.96 Å². The Morgan fingerprint density at radius 3 is 2.55 bits per heavy atom.